The largest absolute Gasteiger partial charge is 0.481 e. The molecule has 0 atom stereocenters. The van der Waals surface area contributed by atoms with Gasteiger partial charge in [-0.2, -0.15) is 0 Å². The Bertz CT molecular complexity index is 367. The molecule has 0 bridgehead atoms. The number of carboxylic acid groups (broad SMARTS) is 1. The smallest absolute Gasteiger partial charge is 0.303 e. The molecule has 0 saturated heterocycles. The van der Waals surface area contributed by atoms with Gasteiger partial charge in [0.1, 0.15) is 0 Å². The van der Waals surface area contributed by atoms with Gasteiger partial charge in [-0.3, -0.25) is 4.79 Å². The molecule has 1 aromatic rings. The van der Waals surface area contributed by atoms with Crippen LogP contribution < -0.4 is 0 Å². The van der Waals surface area contributed by atoms with Crippen molar-refractivity contribution in [3.05, 3.63) is 34.9 Å². The van der Waals surface area contributed by atoms with E-state index in [9.17, 15) is 4.79 Å². The number of aliphatic carboxylic acids is 1. The number of rotatable bonds is 5. The van der Waals surface area contributed by atoms with Crippen molar-refractivity contribution in [2.45, 2.75) is 46.0 Å². The molecule has 0 fully saturated rings. The van der Waals surface area contributed by atoms with Gasteiger partial charge in [0.2, 0.25) is 0 Å². The first kappa shape index (κ1) is 12.8. The number of hydrogen-bond acceptors (Lipinski definition) is 1. The SMILES string of the molecule is CCc1ccc(C(C)C)cc1CCC(=O)O. The van der Waals surface area contributed by atoms with E-state index in [2.05, 4.69) is 39.0 Å². The predicted octanol–water partition coefficient (Wildman–Crippen LogP) is 3.39. The Kier molecular flexibility index (Phi) is 4.53. The van der Waals surface area contributed by atoms with Crippen LogP contribution >= 0.6 is 0 Å². The summed E-state index contributed by atoms with van der Waals surface area (Å²) in [6.45, 7) is 6.42. The molecule has 0 aliphatic rings. The van der Waals surface area contributed by atoms with Crippen LogP contribution in [0.5, 0.6) is 0 Å². The summed E-state index contributed by atoms with van der Waals surface area (Å²) in [7, 11) is 0. The molecule has 0 spiro atoms. The number of aryl methyl sites for hydroxylation is 2. The highest BCUT2D eigenvalue weighted by atomic mass is 16.4. The lowest BCUT2D eigenvalue weighted by Crippen LogP contribution is -2.01. The molecule has 2 nitrogen and oxygen atoms in total. The quantitative estimate of drug-likeness (QED) is 0.825. The fraction of sp³-hybridized carbons (Fsp3) is 0.500. The molecular weight excluding hydrogens is 200 g/mol. The summed E-state index contributed by atoms with van der Waals surface area (Å²) < 4.78 is 0. The highest BCUT2D eigenvalue weighted by molar-refractivity contribution is 5.67. The van der Waals surface area contributed by atoms with Crippen molar-refractivity contribution in [1.82, 2.24) is 0 Å². The first-order valence-electron chi connectivity index (χ1n) is 5.88. The zero-order chi connectivity index (χ0) is 12.1. The maximum absolute atomic E-state index is 10.6. The molecule has 1 N–H and O–H groups in total. The molecule has 1 rings (SSSR count). The molecule has 0 radical (unpaired) electrons. The molecule has 0 saturated carbocycles. The van der Waals surface area contributed by atoms with Crippen LogP contribution in [-0.2, 0) is 17.6 Å². The van der Waals surface area contributed by atoms with E-state index in [0.717, 1.165) is 6.42 Å². The van der Waals surface area contributed by atoms with Gasteiger partial charge in [0.15, 0.2) is 0 Å². The predicted molar refractivity (Wildman–Crippen MR) is 65.9 cm³/mol. The highest BCUT2D eigenvalue weighted by Gasteiger charge is 2.07. The Labute approximate surface area is 97.3 Å². The number of benzene rings is 1. The summed E-state index contributed by atoms with van der Waals surface area (Å²) in [5, 5.41) is 8.72. The topological polar surface area (TPSA) is 37.3 Å². The molecule has 0 unspecified atom stereocenters. The van der Waals surface area contributed by atoms with Crippen LogP contribution in [-0.4, -0.2) is 11.1 Å². The highest BCUT2D eigenvalue weighted by Crippen LogP contribution is 2.20. The fourth-order valence-corrected chi connectivity index (χ4v) is 1.82. The molecule has 0 aliphatic heterocycles. The van der Waals surface area contributed by atoms with Gasteiger partial charge < -0.3 is 5.11 Å². The van der Waals surface area contributed by atoms with Gasteiger partial charge in [-0.05, 0) is 35.4 Å². The second-order valence-corrected chi connectivity index (χ2v) is 4.43. The summed E-state index contributed by atoms with van der Waals surface area (Å²) in [6.07, 6.45) is 1.82. The van der Waals surface area contributed by atoms with Gasteiger partial charge in [-0.15, -0.1) is 0 Å². The normalized spacial score (nSPS) is 10.8. The molecule has 1 aromatic carbocycles. The van der Waals surface area contributed by atoms with Gasteiger partial charge in [-0.1, -0.05) is 39.0 Å². The number of hydrogen-bond donors (Lipinski definition) is 1. The molecule has 88 valence electrons. The van der Waals surface area contributed by atoms with Crippen LogP contribution in [0, 0.1) is 0 Å². The minimum absolute atomic E-state index is 0.217. The molecule has 0 aromatic heterocycles. The average Bonchev–Trinajstić information content (AvgIpc) is 2.25. The lowest BCUT2D eigenvalue weighted by molar-refractivity contribution is -0.136. The van der Waals surface area contributed by atoms with Crippen LogP contribution in [0.3, 0.4) is 0 Å². The average molecular weight is 220 g/mol. The van der Waals surface area contributed by atoms with Crippen molar-refractivity contribution in [3.8, 4) is 0 Å². The number of carboxylic acids is 1. The maximum atomic E-state index is 10.6. The summed E-state index contributed by atoms with van der Waals surface area (Å²) in [6, 6.07) is 6.44. The standard InChI is InChI=1S/C14H20O2/c1-4-11-5-6-12(10(2)3)9-13(11)7-8-14(15)16/h5-6,9-10H,4,7-8H2,1-3H3,(H,15,16). The minimum atomic E-state index is -0.725. The van der Waals surface area contributed by atoms with Gasteiger partial charge >= 0.3 is 5.97 Å². The van der Waals surface area contributed by atoms with E-state index in [1.54, 1.807) is 0 Å². The summed E-state index contributed by atoms with van der Waals surface area (Å²) in [4.78, 5) is 10.6. The Balaban J connectivity index is 2.92. The molecule has 16 heavy (non-hydrogen) atoms. The van der Waals surface area contributed by atoms with Crippen molar-refractivity contribution in [1.29, 1.82) is 0 Å². The first-order valence-corrected chi connectivity index (χ1v) is 5.88. The van der Waals surface area contributed by atoms with E-state index in [-0.39, 0.29) is 6.42 Å². The first-order chi connectivity index (χ1) is 7.54. The van der Waals surface area contributed by atoms with E-state index in [4.69, 9.17) is 5.11 Å². The van der Waals surface area contributed by atoms with E-state index in [0.29, 0.717) is 12.3 Å². The van der Waals surface area contributed by atoms with Crippen LogP contribution in [0.25, 0.3) is 0 Å². The fourth-order valence-electron chi connectivity index (χ4n) is 1.82. The zero-order valence-electron chi connectivity index (χ0n) is 10.3. The second-order valence-electron chi connectivity index (χ2n) is 4.43. The van der Waals surface area contributed by atoms with Crippen LogP contribution in [0.1, 0.15) is 49.8 Å². The monoisotopic (exact) mass is 220 g/mol. The van der Waals surface area contributed by atoms with Crippen molar-refractivity contribution in [2.75, 3.05) is 0 Å². The van der Waals surface area contributed by atoms with Gasteiger partial charge in [0.05, 0.1) is 0 Å². The van der Waals surface area contributed by atoms with Gasteiger partial charge in [-0.25, -0.2) is 0 Å². The Morgan fingerprint density at radius 3 is 2.50 bits per heavy atom. The van der Waals surface area contributed by atoms with E-state index < -0.39 is 5.97 Å². The van der Waals surface area contributed by atoms with Crippen molar-refractivity contribution >= 4 is 5.97 Å². The maximum Gasteiger partial charge on any atom is 0.303 e. The third-order valence-corrected chi connectivity index (χ3v) is 2.89. The Morgan fingerprint density at radius 1 is 1.31 bits per heavy atom. The lowest BCUT2D eigenvalue weighted by atomic mass is 9.94. The van der Waals surface area contributed by atoms with Gasteiger partial charge in [0.25, 0.3) is 0 Å². The zero-order valence-corrected chi connectivity index (χ0v) is 10.3. The Hall–Kier alpha value is -1.31. The molecule has 0 aliphatic carbocycles. The van der Waals surface area contributed by atoms with Crippen molar-refractivity contribution in [3.63, 3.8) is 0 Å². The second kappa shape index (κ2) is 5.69. The van der Waals surface area contributed by atoms with E-state index in [1.165, 1.54) is 16.7 Å². The molecule has 0 heterocycles. The van der Waals surface area contributed by atoms with Crippen LogP contribution in [0.15, 0.2) is 18.2 Å². The molecule has 0 amide bonds. The third kappa shape index (κ3) is 3.37. The summed E-state index contributed by atoms with van der Waals surface area (Å²) in [5.41, 5.74) is 3.75. The van der Waals surface area contributed by atoms with Crippen LogP contribution in [0.4, 0.5) is 0 Å². The minimum Gasteiger partial charge on any atom is -0.481 e. The third-order valence-electron chi connectivity index (χ3n) is 2.89. The molecule has 2 heteroatoms. The molecular formula is C14H20O2. The van der Waals surface area contributed by atoms with Crippen molar-refractivity contribution in [2.24, 2.45) is 0 Å². The van der Waals surface area contributed by atoms with E-state index in [1.807, 2.05) is 0 Å². The lowest BCUT2D eigenvalue weighted by Gasteiger charge is -2.12. The summed E-state index contributed by atoms with van der Waals surface area (Å²) in [5.74, 6) is -0.230. The van der Waals surface area contributed by atoms with Crippen molar-refractivity contribution < 1.29 is 9.90 Å². The van der Waals surface area contributed by atoms with Gasteiger partial charge in [0, 0.05) is 6.42 Å². The Morgan fingerprint density at radius 2 is 2.00 bits per heavy atom. The van der Waals surface area contributed by atoms with Crippen LogP contribution in [0.2, 0.25) is 0 Å². The summed E-state index contributed by atoms with van der Waals surface area (Å²) >= 11 is 0. The number of carbonyl (C=O) groups is 1. The van der Waals surface area contributed by atoms with E-state index >= 15 is 0 Å².